The molecule has 18 heavy (non-hydrogen) atoms. The molecule has 3 nitrogen and oxygen atoms in total. The molecule has 1 aromatic rings. The minimum Gasteiger partial charge on any atom is -0.348 e. The minimum atomic E-state index is -0.591. The Hall–Kier alpha value is -1.35. The summed E-state index contributed by atoms with van der Waals surface area (Å²) >= 11 is 0. The summed E-state index contributed by atoms with van der Waals surface area (Å²) in [5.41, 5.74) is 7.71. The normalized spacial score (nSPS) is 18.5. The average molecular weight is 246 g/mol. The maximum atomic E-state index is 11.8. The van der Waals surface area contributed by atoms with Gasteiger partial charge in [-0.05, 0) is 36.8 Å². The lowest BCUT2D eigenvalue weighted by atomic mass is 9.99. The van der Waals surface area contributed by atoms with Crippen LogP contribution in [0.3, 0.4) is 0 Å². The summed E-state index contributed by atoms with van der Waals surface area (Å²) < 4.78 is 0. The third kappa shape index (κ3) is 2.72. The molecule has 3 N–H and O–H groups in total. The Morgan fingerprint density at radius 2 is 1.67 bits per heavy atom. The molecule has 3 heteroatoms. The fourth-order valence-corrected chi connectivity index (χ4v) is 1.96. The molecule has 1 aromatic carbocycles. The molecule has 0 spiro atoms. The molecule has 0 bridgehead atoms. The Bertz CT molecular complexity index is 432. The molecule has 0 aromatic heterocycles. The van der Waals surface area contributed by atoms with Crippen LogP contribution in [0.25, 0.3) is 0 Å². The molecule has 1 saturated carbocycles. The van der Waals surface area contributed by atoms with Gasteiger partial charge >= 0.3 is 0 Å². The van der Waals surface area contributed by atoms with Crippen molar-refractivity contribution in [2.45, 2.75) is 51.1 Å². The van der Waals surface area contributed by atoms with E-state index < -0.39 is 5.54 Å². The van der Waals surface area contributed by atoms with Crippen LogP contribution in [-0.4, -0.2) is 11.4 Å². The zero-order chi connectivity index (χ0) is 13.3. The van der Waals surface area contributed by atoms with Crippen LogP contribution in [0.2, 0.25) is 0 Å². The van der Waals surface area contributed by atoms with Gasteiger partial charge in [-0.2, -0.15) is 0 Å². The van der Waals surface area contributed by atoms with Crippen molar-refractivity contribution >= 4 is 5.91 Å². The number of rotatable bonds is 4. The van der Waals surface area contributed by atoms with Crippen molar-refractivity contribution in [1.29, 1.82) is 0 Å². The molecule has 2 rings (SSSR count). The molecule has 0 aliphatic heterocycles. The second-order valence-corrected chi connectivity index (χ2v) is 5.67. The standard InChI is InChI=1S/C15H22N2O/c1-10(2)12-4-6-13(7-5-12)11(3)17-14(18)15(16)8-9-15/h4-7,10-11H,8-9,16H2,1-3H3,(H,17,18). The first-order valence-electron chi connectivity index (χ1n) is 6.62. The van der Waals surface area contributed by atoms with E-state index in [0.29, 0.717) is 5.92 Å². The fourth-order valence-electron chi connectivity index (χ4n) is 1.96. The van der Waals surface area contributed by atoms with Gasteiger partial charge in [0, 0.05) is 0 Å². The summed E-state index contributed by atoms with van der Waals surface area (Å²) in [7, 11) is 0. The van der Waals surface area contributed by atoms with Crippen molar-refractivity contribution in [2.75, 3.05) is 0 Å². The molecular weight excluding hydrogens is 224 g/mol. The van der Waals surface area contributed by atoms with E-state index in [1.54, 1.807) is 0 Å². The topological polar surface area (TPSA) is 55.1 Å². The van der Waals surface area contributed by atoms with Crippen LogP contribution >= 0.6 is 0 Å². The lowest BCUT2D eigenvalue weighted by Crippen LogP contribution is -2.43. The minimum absolute atomic E-state index is 0.0136. The number of nitrogens with two attached hydrogens (primary N) is 1. The Morgan fingerprint density at radius 1 is 1.17 bits per heavy atom. The van der Waals surface area contributed by atoms with Crippen LogP contribution < -0.4 is 11.1 Å². The summed E-state index contributed by atoms with van der Waals surface area (Å²) in [4.78, 5) is 11.8. The molecule has 1 aliphatic rings. The monoisotopic (exact) mass is 246 g/mol. The molecule has 1 amide bonds. The maximum absolute atomic E-state index is 11.8. The molecule has 0 heterocycles. The van der Waals surface area contributed by atoms with Gasteiger partial charge in [0.1, 0.15) is 0 Å². The van der Waals surface area contributed by atoms with E-state index >= 15 is 0 Å². The van der Waals surface area contributed by atoms with Gasteiger partial charge < -0.3 is 11.1 Å². The van der Waals surface area contributed by atoms with Crippen molar-refractivity contribution in [1.82, 2.24) is 5.32 Å². The van der Waals surface area contributed by atoms with Gasteiger partial charge in [0.25, 0.3) is 0 Å². The number of nitrogens with one attached hydrogen (secondary N) is 1. The van der Waals surface area contributed by atoms with Crippen molar-refractivity contribution in [3.8, 4) is 0 Å². The molecule has 1 aliphatic carbocycles. The second-order valence-electron chi connectivity index (χ2n) is 5.67. The summed E-state index contributed by atoms with van der Waals surface area (Å²) in [6, 6.07) is 8.42. The van der Waals surface area contributed by atoms with E-state index in [9.17, 15) is 4.79 Å². The molecular formula is C15H22N2O. The first kappa shape index (κ1) is 13.1. The van der Waals surface area contributed by atoms with Gasteiger partial charge in [0.15, 0.2) is 0 Å². The highest BCUT2D eigenvalue weighted by molar-refractivity contribution is 5.89. The first-order valence-corrected chi connectivity index (χ1v) is 6.62. The van der Waals surface area contributed by atoms with Crippen LogP contribution in [0.5, 0.6) is 0 Å². The smallest absolute Gasteiger partial charge is 0.240 e. The molecule has 0 radical (unpaired) electrons. The maximum Gasteiger partial charge on any atom is 0.240 e. The number of carbonyl (C=O) groups is 1. The van der Waals surface area contributed by atoms with E-state index in [1.807, 2.05) is 6.92 Å². The molecule has 1 unspecified atom stereocenters. The summed E-state index contributed by atoms with van der Waals surface area (Å²) in [6.07, 6.45) is 1.61. The van der Waals surface area contributed by atoms with Crippen molar-refractivity contribution in [3.05, 3.63) is 35.4 Å². The van der Waals surface area contributed by atoms with Gasteiger partial charge in [-0.3, -0.25) is 4.79 Å². The average Bonchev–Trinajstić information content (AvgIpc) is 3.08. The zero-order valence-electron chi connectivity index (χ0n) is 11.4. The highest BCUT2D eigenvalue weighted by Crippen LogP contribution is 2.33. The first-order chi connectivity index (χ1) is 8.42. The predicted molar refractivity (Wildman–Crippen MR) is 73.2 cm³/mol. The van der Waals surface area contributed by atoms with E-state index in [-0.39, 0.29) is 11.9 Å². The van der Waals surface area contributed by atoms with Gasteiger partial charge in [-0.15, -0.1) is 0 Å². The van der Waals surface area contributed by atoms with E-state index in [1.165, 1.54) is 5.56 Å². The summed E-state index contributed by atoms with van der Waals surface area (Å²) in [6.45, 7) is 6.34. The third-order valence-electron chi connectivity index (χ3n) is 3.69. The molecule has 1 atom stereocenters. The second kappa shape index (κ2) is 4.73. The van der Waals surface area contributed by atoms with Gasteiger partial charge in [0.2, 0.25) is 5.91 Å². The highest BCUT2D eigenvalue weighted by Gasteiger charge is 2.46. The van der Waals surface area contributed by atoms with Crippen LogP contribution in [-0.2, 0) is 4.79 Å². The summed E-state index contributed by atoms with van der Waals surface area (Å²) in [5, 5.41) is 2.98. The van der Waals surface area contributed by atoms with Gasteiger partial charge in [-0.1, -0.05) is 38.1 Å². The number of benzene rings is 1. The number of amides is 1. The van der Waals surface area contributed by atoms with Gasteiger partial charge in [0.05, 0.1) is 11.6 Å². The lowest BCUT2D eigenvalue weighted by Gasteiger charge is -2.18. The van der Waals surface area contributed by atoms with Crippen LogP contribution in [0, 0.1) is 0 Å². The van der Waals surface area contributed by atoms with E-state index in [4.69, 9.17) is 5.73 Å². The Kier molecular flexibility index (Phi) is 3.44. The van der Waals surface area contributed by atoms with Crippen LogP contribution in [0.15, 0.2) is 24.3 Å². The van der Waals surface area contributed by atoms with Crippen LogP contribution in [0.4, 0.5) is 0 Å². The van der Waals surface area contributed by atoms with Crippen LogP contribution in [0.1, 0.15) is 56.7 Å². The van der Waals surface area contributed by atoms with Gasteiger partial charge in [-0.25, -0.2) is 0 Å². The van der Waals surface area contributed by atoms with Crippen molar-refractivity contribution in [2.24, 2.45) is 5.73 Å². The van der Waals surface area contributed by atoms with Crippen molar-refractivity contribution < 1.29 is 4.79 Å². The highest BCUT2D eigenvalue weighted by atomic mass is 16.2. The Morgan fingerprint density at radius 3 is 2.11 bits per heavy atom. The largest absolute Gasteiger partial charge is 0.348 e. The third-order valence-corrected chi connectivity index (χ3v) is 3.69. The number of hydrogen-bond donors (Lipinski definition) is 2. The molecule has 1 fully saturated rings. The van der Waals surface area contributed by atoms with Crippen molar-refractivity contribution in [3.63, 3.8) is 0 Å². The molecule has 0 saturated heterocycles. The van der Waals surface area contributed by atoms with E-state index in [2.05, 4.69) is 43.4 Å². The van der Waals surface area contributed by atoms with E-state index in [0.717, 1.165) is 18.4 Å². The Labute approximate surface area is 109 Å². The molecule has 98 valence electrons. The summed E-state index contributed by atoms with van der Waals surface area (Å²) in [5.74, 6) is 0.505. The lowest BCUT2D eigenvalue weighted by molar-refractivity contribution is -0.123. The predicted octanol–water partition coefficient (Wildman–Crippen LogP) is 2.48. The fraction of sp³-hybridized carbons (Fsp3) is 0.533. The zero-order valence-corrected chi connectivity index (χ0v) is 11.4. The number of carbonyl (C=O) groups excluding carboxylic acids is 1. The Balaban J connectivity index is 2.00. The number of hydrogen-bond acceptors (Lipinski definition) is 2. The SMILES string of the molecule is CC(C)c1ccc(C(C)NC(=O)C2(N)CC2)cc1. The quantitative estimate of drug-likeness (QED) is 0.857.